The van der Waals surface area contributed by atoms with Crippen molar-refractivity contribution in [3.05, 3.63) is 58.3 Å². The minimum absolute atomic E-state index is 0.0847. The van der Waals surface area contributed by atoms with Gasteiger partial charge in [-0.2, -0.15) is 0 Å². The van der Waals surface area contributed by atoms with Crippen LogP contribution in [0.2, 0.25) is 10.0 Å². The molecule has 1 aliphatic heterocycles. The summed E-state index contributed by atoms with van der Waals surface area (Å²) in [5, 5.41) is 3.52. The summed E-state index contributed by atoms with van der Waals surface area (Å²) in [5.74, 6) is -1.39. The van der Waals surface area contributed by atoms with Crippen molar-refractivity contribution in [2.75, 3.05) is 16.8 Å². The van der Waals surface area contributed by atoms with Gasteiger partial charge in [0.05, 0.1) is 16.6 Å². The van der Waals surface area contributed by atoms with Crippen LogP contribution in [0.25, 0.3) is 0 Å². The van der Waals surface area contributed by atoms with Crippen LogP contribution in [-0.4, -0.2) is 18.4 Å². The summed E-state index contributed by atoms with van der Waals surface area (Å²) in [4.78, 5) is 26.0. The van der Waals surface area contributed by atoms with E-state index < -0.39 is 5.92 Å². The first kappa shape index (κ1) is 16.7. The van der Waals surface area contributed by atoms with Crippen LogP contribution in [-0.2, 0) is 9.59 Å². The Morgan fingerprint density at radius 1 is 1.17 bits per heavy atom. The van der Waals surface area contributed by atoms with E-state index in [2.05, 4.69) is 5.32 Å². The van der Waals surface area contributed by atoms with E-state index in [0.717, 1.165) is 0 Å². The first-order valence-electron chi connectivity index (χ1n) is 7.26. The Morgan fingerprint density at radius 3 is 2.58 bits per heavy atom. The van der Waals surface area contributed by atoms with Gasteiger partial charge in [-0.1, -0.05) is 23.2 Å². The molecule has 4 nitrogen and oxygen atoms in total. The van der Waals surface area contributed by atoms with Gasteiger partial charge in [-0.3, -0.25) is 9.59 Å². The van der Waals surface area contributed by atoms with E-state index in [9.17, 15) is 14.0 Å². The van der Waals surface area contributed by atoms with Gasteiger partial charge in [0.2, 0.25) is 11.8 Å². The Balaban J connectivity index is 1.72. The summed E-state index contributed by atoms with van der Waals surface area (Å²) in [5.41, 5.74) is 0.972. The molecule has 1 heterocycles. The second-order valence-corrected chi connectivity index (χ2v) is 6.34. The maximum Gasteiger partial charge on any atom is 0.229 e. The third-order valence-corrected chi connectivity index (χ3v) is 4.39. The molecule has 24 heavy (non-hydrogen) atoms. The van der Waals surface area contributed by atoms with E-state index in [1.165, 1.54) is 29.2 Å². The molecule has 2 aromatic carbocycles. The van der Waals surface area contributed by atoms with E-state index >= 15 is 0 Å². The summed E-state index contributed by atoms with van der Waals surface area (Å²) in [7, 11) is 0. The van der Waals surface area contributed by atoms with Gasteiger partial charge in [0.15, 0.2) is 0 Å². The lowest BCUT2D eigenvalue weighted by molar-refractivity contribution is -0.122. The normalized spacial score (nSPS) is 17.2. The zero-order valence-electron chi connectivity index (χ0n) is 12.4. The number of hydrogen-bond acceptors (Lipinski definition) is 2. The topological polar surface area (TPSA) is 49.4 Å². The standard InChI is InChI=1S/C17H13Cl2FN2O2/c18-11-1-6-14(19)15(8-11)21-17(24)10-7-16(23)22(9-10)13-4-2-12(20)3-5-13/h1-6,8,10H,7,9H2,(H,21,24)/t10-/m0/s1. The number of carbonyl (C=O) groups is 2. The minimum Gasteiger partial charge on any atom is -0.324 e. The number of halogens is 3. The molecule has 124 valence electrons. The lowest BCUT2D eigenvalue weighted by Crippen LogP contribution is -2.28. The van der Waals surface area contributed by atoms with E-state index in [4.69, 9.17) is 23.2 Å². The van der Waals surface area contributed by atoms with Crippen LogP contribution >= 0.6 is 23.2 Å². The highest BCUT2D eigenvalue weighted by Crippen LogP contribution is 2.29. The van der Waals surface area contributed by atoms with Crippen LogP contribution < -0.4 is 10.2 Å². The number of nitrogens with one attached hydrogen (secondary N) is 1. The van der Waals surface area contributed by atoms with E-state index in [1.807, 2.05) is 0 Å². The Hall–Kier alpha value is -2.11. The number of carbonyl (C=O) groups excluding carboxylic acids is 2. The molecule has 7 heteroatoms. The van der Waals surface area contributed by atoms with Crippen LogP contribution in [0, 0.1) is 11.7 Å². The van der Waals surface area contributed by atoms with Crippen molar-refractivity contribution in [3.63, 3.8) is 0 Å². The highest BCUT2D eigenvalue weighted by molar-refractivity contribution is 6.35. The maximum atomic E-state index is 13.0. The molecule has 0 saturated carbocycles. The van der Waals surface area contributed by atoms with E-state index in [1.54, 1.807) is 18.2 Å². The second-order valence-electron chi connectivity index (χ2n) is 5.50. The highest BCUT2D eigenvalue weighted by atomic mass is 35.5. The minimum atomic E-state index is -0.516. The Morgan fingerprint density at radius 2 is 1.88 bits per heavy atom. The Kier molecular flexibility index (Phi) is 4.73. The van der Waals surface area contributed by atoms with Gasteiger partial charge in [-0.15, -0.1) is 0 Å². The molecule has 1 saturated heterocycles. The Labute approximate surface area is 148 Å². The summed E-state index contributed by atoms with van der Waals surface area (Å²) >= 11 is 11.9. The van der Waals surface area contributed by atoms with Gasteiger partial charge in [-0.25, -0.2) is 4.39 Å². The molecule has 0 aliphatic carbocycles. The van der Waals surface area contributed by atoms with E-state index in [-0.39, 0.29) is 30.6 Å². The SMILES string of the molecule is O=C(Nc1cc(Cl)ccc1Cl)[C@H]1CC(=O)N(c2ccc(F)cc2)C1. The van der Waals surface area contributed by atoms with Gasteiger partial charge >= 0.3 is 0 Å². The van der Waals surface area contributed by atoms with Crippen LogP contribution in [0.5, 0.6) is 0 Å². The molecule has 0 bridgehead atoms. The molecule has 2 amide bonds. The van der Waals surface area contributed by atoms with Crippen molar-refractivity contribution in [2.24, 2.45) is 5.92 Å². The summed E-state index contributed by atoms with van der Waals surface area (Å²) in [6.45, 7) is 0.231. The third-order valence-electron chi connectivity index (χ3n) is 3.82. The van der Waals surface area contributed by atoms with Gasteiger partial charge in [-0.05, 0) is 42.5 Å². The number of hydrogen-bond donors (Lipinski definition) is 1. The lowest BCUT2D eigenvalue weighted by Gasteiger charge is -2.17. The smallest absolute Gasteiger partial charge is 0.229 e. The monoisotopic (exact) mass is 366 g/mol. The molecular formula is C17H13Cl2FN2O2. The number of benzene rings is 2. The predicted octanol–water partition coefficient (Wildman–Crippen LogP) is 4.12. The number of anilines is 2. The third kappa shape index (κ3) is 3.52. The molecule has 0 unspecified atom stereocenters. The Bertz CT molecular complexity index is 796. The van der Waals surface area contributed by atoms with Crippen LogP contribution in [0.1, 0.15) is 6.42 Å². The molecule has 1 fully saturated rings. The molecule has 2 aromatic rings. The first-order valence-corrected chi connectivity index (χ1v) is 8.01. The average molecular weight is 367 g/mol. The molecule has 0 aromatic heterocycles. The van der Waals surface area contributed by atoms with Crippen molar-refractivity contribution in [1.82, 2.24) is 0 Å². The van der Waals surface area contributed by atoms with Crippen molar-refractivity contribution >= 4 is 46.4 Å². The molecule has 1 N–H and O–H groups in total. The van der Waals surface area contributed by atoms with E-state index in [0.29, 0.717) is 21.4 Å². The van der Waals surface area contributed by atoms with Gasteiger partial charge < -0.3 is 10.2 Å². The van der Waals surface area contributed by atoms with Crippen LogP contribution in [0.15, 0.2) is 42.5 Å². The summed E-state index contributed by atoms with van der Waals surface area (Å²) in [6, 6.07) is 10.3. The largest absolute Gasteiger partial charge is 0.324 e. The van der Waals surface area contributed by atoms with Gasteiger partial charge in [0.25, 0.3) is 0 Å². The van der Waals surface area contributed by atoms with Crippen molar-refractivity contribution in [1.29, 1.82) is 0 Å². The van der Waals surface area contributed by atoms with Crippen LogP contribution in [0.4, 0.5) is 15.8 Å². The van der Waals surface area contributed by atoms with Crippen LogP contribution in [0.3, 0.4) is 0 Å². The zero-order chi connectivity index (χ0) is 17.3. The number of amides is 2. The first-order chi connectivity index (χ1) is 11.4. The van der Waals surface area contributed by atoms with Crippen molar-refractivity contribution < 1.29 is 14.0 Å². The molecule has 3 rings (SSSR count). The van der Waals surface area contributed by atoms with Gasteiger partial charge in [0.1, 0.15) is 5.82 Å². The maximum absolute atomic E-state index is 13.0. The predicted molar refractivity (Wildman–Crippen MR) is 92.0 cm³/mol. The molecular weight excluding hydrogens is 354 g/mol. The number of rotatable bonds is 3. The average Bonchev–Trinajstić information content (AvgIpc) is 2.94. The molecule has 1 aliphatic rings. The highest BCUT2D eigenvalue weighted by Gasteiger charge is 2.35. The van der Waals surface area contributed by atoms with Gasteiger partial charge in [0, 0.05) is 23.7 Å². The summed E-state index contributed by atoms with van der Waals surface area (Å²) in [6.07, 6.45) is 0.0847. The lowest BCUT2D eigenvalue weighted by atomic mass is 10.1. The second kappa shape index (κ2) is 6.79. The molecule has 0 spiro atoms. The summed E-state index contributed by atoms with van der Waals surface area (Å²) < 4.78 is 13.0. The van der Waals surface area contributed by atoms with Crippen molar-refractivity contribution in [3.8, 4) is 0 Å². The zero-order valence-corrected chi connectivity index (χ0v) is 13.9. The molecule has 0 radical (unpaired) electrons. The quantitative estimate of drug-likeness (QED) is 0.887. The fourth-order valence-electron chi connectivity index (χ4n) is 2.58. The van der Waals surface area contributed by atoms with Crippen molar-refractivity contribution in [2.45, 2.75) is 6.42 Å². The fourth-order valence-corrected chi connectivity index (χ4v) is 2.92. The number of nitrogens with zero attached hydrogens (tertiary/aromatic N) is 1. The molecule has 1 atom stereocenters. The fraction of sp³-hybridized carbons (Fsp3) is 0.176.